The van der Waals surface area contributed by atoms with Gasteiger partial charge in [0.1, 0.15) is 12.2 Å². The smallest absolute Gasteiger partial charge is 0.307 e. The van der Waals surface area contributed by atoms with Crippen molar-refractivity contribution in [3.63, 3.8) is 0 Å². The number of carbonyl (C=O) groups excluding carboxylic acids is 1. The maximum absolute atomic E-state index is 13.0. The SMILES string of the molecule is O=C(CC(CCCOC(c1ccccc1)(c1ccccc1)c1ccccc1)C(=O)O)OCC1c2ccccc2-c2ccccc21. The maximum atomic E-state index is 13.0. The molecule has 0 spiro atoms. The van der Waals surface area contributed by atoms with E-state index in [1.807, 2.05) is 78.9 Å². The summed E-state index contributed by atoms with van der Waals surface area (Å²) in [6.45, 7) is 0.475. The van der Waals surface area contributed by atoms with Crippen LogP contribution in [0.15, 0.2) is 140 Å². The number of hydrogen-bond donors (Lipinski definition) is 1. The average Bonchev–Trinajstić information content (AvgIpc) is 3.41. The zero-order chi connectivity index (χ0) is 31.1. The van der Waals surface area contributed by atoms with Crippen LogP contribution in [0.4, 0.5) is 0 Å². The van der Waals surface area contributed by atoms with Crippen molar-refractivity contribution >= 4 is 11.9 Å². The van der Waals surface area contributed by atoms with Gasteiger partial charge >= 0.3 is 11.9 Å². The molecule has 0 fully saturated rings. The Balaban J connectivity index is 1.12. The summed E-state index contributed by atoms with van der Waals surface area (Å²) in [7, 11) is 0. The van der Waals surface area contributed by atoms with Crippen LogP contribution in [0.1, 0.15) is 53.0 Å². The van der Waals surface area contributed by atoms with Gasteiger partial charge < -0.3 is 14.6 Å². The van der Waals surface area contributed by atoms with Crippen molar-refractivity contribution < 1.29 is 24.2 Å². The average molecular weight is 597 g/mol. The van der Waals surface area contributed by atoms with Crippen LogP contribution in [0, 0.1) is 5.92 Å². The van der Waals surface area contributed by atoms with Gasteiger partial charge in [0.05, 0.1) is 12.3 Å². The van der Waals surface area contributed by atoms with Crippen molar-refractivity contribution in [3.05, 3.63) is 167 Å². The lowest BCUT2D eigenvalue weighted by Crippen LogP contribution is -2.33. The molecule has 0 bridgehead atoms. The minimum atomic E-state index is -1.01. The fourth-order valence-electron chi connectivity index (χ4n) is 6.51. The number of hydrogen-bond acceptors (Lipinski definition) is 4. The van der Waals surface area contributed by atoms with Gasteiger partial charge in [0.2, 0.25) is 0 Å². The van der Waals surface area contributed by atoms with Gasteiger partial charge in [0.15, 0.2) is 0 Å². The molecule has 226 valence electrons. The minimum Gasteiger partial charge on any atom is -0.481 e. The fourth-order valence-corrected chi connectivity index (χ4v) is 6.51. The van der Waals surface area contributed by atoms with E-state index in [9.17, 15) is 14.7 Å². The minimum absolute atomic E-state index is 0.0693. The molecule has 5 heteroatoms. The predicted octanol–water partition coefficient (Wildman–Crippen LogP) is 8.22. The number of carbonyl (C=O) groups is 2. The van der Waals surface area contributed by atoms with Crippen molar-refractivity contribution in [2.45, 2.75) is 30.8 Å². The molecule has 0 heterocycles. The molecule has 1 aliphatic rings. The number of ether oxygens (including phenoxy) is 2. The van der Waals surface area contributed by atoms with Crippen LogP contribution < -0.4 is 0 Å². The van der Waals surface area contributed by atoms with Crippen molar-refractivity contribution in [1.29, 1.82) is 0 Å². The van der Waals surface area contributed by atoms with Crippen LogP contribution in [0.25, 0.3) is 11.1 Å². The Morgan fingerprint density at radius 2 is 1.09 bits per heavy atom. The summed E-state index contributed by atoms with van der Waals surface area (Å²) in [6, 6.07) is 46.5. The van der Waals surface area contributed by atoms with Crippen molar-refractivity contribution in [1.82, 2.24) is 0 Å². The Bertz CT molecular complexity index is 1590. The van der Waals surface area contributed by atoms with Crippen LogP contribution in [0.3, 0.4) is 0 Å². The fraction of sp³-hybridized carbons (Fsp3) is 0.200. The van der Waals surface area contributed by atoms with Gasteiger partial charge in [-0.05, 0) is 51.8 Å². The molecule has 0 saturated carbocycles. The standard InChI is InChI=1S/C40H36O5/c41-38(44-28-37-35-24-12-10-22-33(35)34-23-11-13-25-36(34)37)27-29(39(42)43)15-14-26-45-40(30-16-4-1-5-17-30,31-18-6-2-7-19-31)32-20-8-3-9-21-32/h1-13,16-25,29,37H,14-15,26-28H2,(H,42,43). The monoisotopic (exact) mass is 596 g/mol. The highest BCUT2D eigenvalue weighted by Crippen LogP contribution is 2.45. The molecule has 1 aliphatic carbocycles. The first-order valence-electron chi connectivity index (χ1n) is 15.4. The Morgan fingerprint density at radius 3 is 1.56 bits per heavy atom. The van der Waals surface area contributed by atoms with Crippen molar-refractivity contribution in [3.8, 4) is 11.1 Å². The summed E-state index contributed by atoms with van der Waals surface area (Å²) in [5.74, 6) is -2.45. The number of aliphatic carboxylic acids is 1. The van der Waals surface area contributed by atoms with Gasteiger partial charge in [0.25, 0.3) is 0 Å². The van der Waals surface area contributed by atoms with E-state index in [1.165, 1.54) is 0 Å². The number of carboxylic acid groups (broad SMARTS) is 1. The Hall–Kier alpha value is -5.00. The number of fused-ring (bicyclic) bond motifs is 3. The molecule has 1 atom stereocenters. The van der Waals surface area contributed by atoms with E-state index < -0.39 is 23.5 Å². The van der Waals surface area contributed by atoms with E-state index in [-0.39, 0.29) is 25.4 Å². The highest BCUT2D eigenvalue weighted by Gasteiger charge is 2.37. The third-order valence-electron chi connectivity index (χ3n) is 8.69. The van der Waals surface area contributed by atoms with Crippen molar-refractivity contribution in [2.24, 2.45) is 5.92 Å². The van der Waals surface area contributed by atoms with E-state index in [0.717, 1.165) is 38.9 Å². The van der Waals surface area contributed by atoms with E-state index in [4.69, 9.17) is 9.47 Å². The van der Waals surface area contributed by atoms with Crippen LogP contribution in [-0.2, 0) is 24.7 Å². The zero-order valence-corrected chi connectivity index (χ0v) is 25.0. The van der Waals surface area contributed by atoms with Gasteiger partial charge in [0, 0.05) is 12.5 Å². The molecule has 0 aromatic heterocycles. The first kappa shape index (κ1) is 30.0. The summed E-state index contributed by atoms with van der Waals surface area (Å²) in [6.07, 6.45) is 0.558. The van der Waals surface area contributed by atoms with E-state index in [2.05, 4.69) is 60.7 Å². The molecule has 1 N–H and O–H groups in total. The molecule has 0 radical (unpaired) electrons. The highest BCUT2D eigenvalue weighted by molar-refractivity contribution is 5.80. The molecule has 0 saturated heterocycles. The molecule has 5 aromatic carbocycles. The Morgan fingerprint density at radius 1 is 0.644 bits per heavy atom. The lowest BCUT2D eigenvalue weighted by atomic mass is 9.80. The van der Waals surface area contributed by atoms with E-state index >= 15 is 0 Å². The lowest BCUT2D eigenvalue weighted by Gasteiger charge is -2.36. The van der Waals surface area contributed by atoms with Gasteiger partial charge in [-0.3, -0.25) is 9.59 Å². The van der Waals surface area contributed by atoms with Gasteiger partial charge in [-0.1, -0.05) is 140 Å². The third kappa shape index (κ3) is 6.31. The molecule has 1 unspecified atom stereocenters. The van der Waals surface area contributed by atoms with Gasteiger partial charge in [-0.2, -0.15) is 0 Å². The maximum Gasteiger partial charge on any atom is 0.307 e. The summed E-state index contributed by atoms with van der Waals surface area (Å²) < 4.78 is 12.5. The number of rotatable bonds is 13. The van der Waals surface area contributed by atoms with Crippen molar-refractivity contribution in [2.75, 3.05) is 13.2 Å². The van der Waals surface area contributed by atoms with Crippen LogP contribution >= 0.6 is 0 Å². The first-order valence-corrected chi connectivity index (χ1v) is 15.4. The number of carboxylic acids is 1. The summed E-state index contributed by atoms with van der Waals surface area (Å²) >= 11 is 0. The molecule has 45 heavy (non-hydrogen) atoms. The number of esters is 1. The van der Waals surface area contributed by atoms with Crippen LogP contribution in [0.2, 0.25) is 0 Å². The molecular weight excluding hydrogens is 560 g/mol. The Kier molecular flexibility index (Phi) is 9.18. The summed E-state index contributed by atoms with van der Waals surface area (Å²) in [5, 5.41) is 10.0. The predicted molar refractivity (Wildman–Crippen MR) is 175 cm³/mol. The second-order valence-corrected chi connectivity index (χ2v) is 11.4. The molecule has 5 nitrogen and oxygen atoms in total. The summed E-state index contributed by atoms with van der Waals surface area (Å²) in [5.41, 5.74) is 6.61. The molecule has 0 amide bonds. The largest absolute Gasteiger partial charge is 0.481 e. The second kappa shape index (κ2) is 13.7. The summed E-state index contributed by atoms with van der Waals surface area (Å²) in [4.78, 5) is 25.2. The van der Waals surface area contributed by atoms with Gasteiger partial charge in [-0.25, -0.2) is 0 Å². The topological polar surface area (TPSA) is 72.8 Å². The third-order valence-corrected chi connectivity index (χ3v) is 8.69. The van der Waals surface area contributed by atoms with Crippen LogP contribution in [-0.4, -0.2) is 30.3 Å². The molecule has 0 aliphatic heterocycles. The zero-order valence-electron chi connectivity index (χ0n) is 25.0. The Labute approximate surface area is 264 Å². The molecule has 5 aromatic rings. The van der Waals surface area contributed by atoms with E-state index in [1.54, 1.807) is 0 Å². The quantitative estimate of drug-likeness (QED) is 0.0842. The number of benzene rings is 5. The van der Waals surface area contributed by atoms with E-state index in [0.29, 0.717) is 13.0 Å². The molecular formula is C40H36O5. The lowest BCUT2D eigenvalue weighted by molar-refractivity contribution is -0.152. The van der Waals surface area contributed by atoms with Crippen LogP contribution in [0.5, 0.6) is 0 Å². The molecule has 6 rings (SSSR count). The van der Waals surface area contributed by atoms with Gasteiger partial charge in [-0.15, -0.1) is 0 Å². The first-order chi connectivity index (χ1) is 22.1. The highest BCUT2D eigenvalue weighted by atomic mass is 16.5. The second-order valence-electron chi connectivity index (χ2n) is 11.4. The normalized spacial score (nSPS) is 13.1.